The Morgan fingerprint density at radius 2 is 1.90 bits per heavy atom. The number of rotatable bonds is 3. The van der Waals surface area contributed by atoms with Crippen molar-refractivity contribution in [2.45, 2.75) is 24.9 Å². The van der Waals surface area contributed by atoms with Crippen molar-refractivity contribution in [2.75, 3.05) is 50.7 Å². The number of likely N-dealkylation sites (tertiary alicyclic amines) is 1. The number of amides is 1. The van der Waals surface area contributed by atoms with Gasteiger partial charge in [0, 0.05) is 69.0 Å². The van der Waals surface area contributed by atoms with E-state index in [1.807, 2.05) is 12.3 Å². The molecule has 1 aromatic carbocycles. The lowest BCUT2D eigenvalue weighted by atomic mass is 10.1. The first-order valence-corrected chi connectivity index (χ1v) is 10.6. The van der Waals surface area contributed by atoms with Crippen LogP contribution < -0.4 is 10.2 Å². The molecule has 29 heavy (non-hydrogen) atoms. The van der Waals surface area contributed by atoms with Gasteiger partial charge in [0.1, 0.15) is 0 Å². The minimum atomic E-state index is -0.145. The minimum Gasteiger partial charge on any atom is -0.368 e. The van der Waals surface area contributed by atoms with Gasteiger partial charge in [0.2, 0.25) is 5.91 Å². The number of hydrogen-bond donors (Lipinski definition) is 1. The van der Waals surface area contributed by atoms with E-state index in [1.165, 1.54) is 11.1 Å². The van der Waals surface area contributed by atoms with Crippen molar-refractivity contribution in [1.82, 2.24) is 20.1 Å². The zero-order valence-electron chi connectivity index (χ0n) is 16.6. The van der Waals surface area contributed by atoms with Crippen molar-refractivity contribution in [3.05, 3.63) is 36.5 Å². The Bertz CT molecular complexity index is 919. The molecule has 3 fully saturated rings. The van der Waals surface area contributed by atoms with Crippen LogP contribution in [0.5, 0.6) is 0 Å². The molecule has 1 N–H and O–H groups in total. The molecule has 5 rings (SSSR count). The van der Waals surface area contributed by atoms with Crippen molar-refractivity contribution in [2.24, 2.45) is 0 Å². The first-order valence-electron chi connectivity index (χ1n) is 10.6. The lowest BCUT2D eigenvalue weighted by molar-refractivity contribution is -0.133. The third kappa shape index (κ3) is 3.60. The lowest BCUT2D eigenvalue weighted by Gasteiger charge is -2.39. The van der Waals surface area contributed by atoms with Crippen LogP contribution in [0.3, 0.4) is 0 Å². The van der Waals surface area contributed by atoms with E-state index in [9.17, 15) is 9.59 Å². The molecule has 2 atom stereocenters. The van der Waals surface area contributed by atoms with Gasteiger partial charge < -0.3 is 15.1 Å². The summed E-state index contributed by atoms with van der Waals surface area (Å²) in [5.74, 6) is 0.271. The van der Waals surface area contributed by atoms with Gasteiger partial charge in [0.05, 0.1) is 18.1 Å². The van der Waals surface area contributed by atoms with E-state index in [0.29, 0.717) is 25.6 Å². The Morgan fingerprint density at radius 3 is 2.69 bits per heavy atom. The lowest BCUT2D eigenvalue weighted by Crippen LogP contribution is -2.51. The molecule has 7 heteroatoms. The molecule has 1 amide bonds. The maximum atomic E-state index is 12.7. The molecule has 0 aliphatic carbocycles. The molecule has 0 saturated carbocycles. The summed E-state index contributed by atoms with van der Waals surface area (Å²) >= 11 is 0. The van der Waals surface area contributed by atoms with Crippen molar-refractivity contribution >= 4 is 28.3 Å². The number of anilines is 1. The quantitative estimate of drug-likeness (QED) is 0.835. The predicted octanol–water partition coefficient (Wildman–Crippen LogP) is 0.889. The van der Waals surface area contributed by atoms with E-state index in [4.69, 9.17) is 0 Å². The van der Waals surface area contributed by atoms with Crippen LogP contribution in [0.2, 0.25) is 0 Å². The van der Waals surface area contributed by atoms with Gasteiger partial charge >= 0.3 is 0 Å². The zero-order chi connectivity index (χ0) is 19.8. The molecule has 7 nitrogen and oxygen atoms in total. The fourth-order valence-corrected chi connectivity index (χ4v) is 4.91. The number of fused-ring (bicyclic) bond motifs is 1. The first kappa shape index (κ1) is 18.5. The number of para-hydroxylation sites is 1. The van der Waals surface area contributed by atoms with Gasteiger partial charge in [-0.25, -0.2) is 0 Å². The predicted molar refractivity (Wildman–Crippen MR) is 112 cm³/mol. The van der Waals surface area contributed by atoms with Crippen LogP contribution in [-0.2, 0) is 9.59 Å². The topological polar surface area (TPSA) is 68.8 Å². The van der Waals surface area contributed by atoms with E-state index in [2.05, 4.69) is 44.4 Å². The second-order valence-electron chi connectivity index (χ2n) is 8.27. The Balaban J connectivity index is 1.19. The van der Waals surface area contributed by atoms with Gasteiger partial charge in [-0.1, -0.05) is 18.2 Å². The number of carbonyl (C=O) groups is 2. The summed E-state index contributed by atoms with van der Waals surface area (Å²) in [6.07, 6.45) is 3.24. The van der Waals surface area contributed by atoms with Crippen molar-refractivity contribution in [1.29, 1.82) is 0 Å². The van der Waals surface area contributed by atoms with Gasteiger partial charge in [-0.05, 0) is 18.6 Å². The molecule has 0 unspecified atom stereocenters. The number of Topliss-reactive ketones (excluding diaryl/α,β-unsaturated/α-hetero) is 1. The standard InChI is InChI=1S/C22H27N5O2/c28-17-6-8-27(15-17)22(29)20-13-16(14-24-20)25-9-11-26(12-10-25)21-5-7-23-19-4-2-1-3-18(19)21/h1-5,7,16,20,24H,6,8-15H2/t16-,20-/m0/s1. The van der Waals surface area contributed by atoms with Gasteiger partial charge in [-0.15, -0.1) is 0 Å². The minimum absolute atomic E-state index is 0.0974. The smallest absolute Gasteiger partial charge is 0.240 e. The Kier molecular flexibility index (Phi) is 4.93. The second kappa shape index (κ2) is 7.72. The largest absolute Gasteiger partial charge is 0.368 e. The van der Waals surface area contributed by atoms with Crippen LogP contribution in [0.4, 0.5) is 5.69 Å². The maximum absolute atomic E-state index is 12.7. The normalized spacial score (nSPS) is 25.9. The molecule has 0 radical (unpaired) electrons. The fourth-order valence-electron chi connectivity index (χ4n) is 4.91. The molecule has 3 aliphatic rings. The van der Waals surface area contributed by atoms with Gasteiger partial charge in [-0.3, -0.25) is 19.5 Å². The van der Waals surface area contributed by atoms with Gasteiger partial charge in [-0.2, -0.15) is 0 Å². The van der Waals surface area contributed by atoms with Crippen molar-refractivity contribution in [3.8, 4) is 0 Å². The summed E-state index contributed by atoms with van der Waals surface area (Å²) in [6.45, 7) is 5.65. The van der Waals surface area contributed by atoms with E-state index < -0.39 is 0 Å². The summed E-state index contributed by atoms with van der Waals surface area (Å²) in [5.41, 5.74) is 2.29. The molecule has 1 aromatic heterocycles. The molecule has 152 valence electrons. The number of nitrogens with zero attached hydrogens (tertiary/aromatic N) is 4. The van der Waals surface area contributed by atoms with Gasteiger partial charge in [0.25, 0.3) is 0 Å². The molecule has 0 spiro atoms. The zero-order valence-corrected chi connectivity index (χ0v) is 16.6. The summed E-state index contributed by atoms with van der Waals surface area (Å²) in [4.78, 5) is 35.3. The summed E-state index contributed by atoms with van der Waals surface area (Å²) < 4.78 is 0. The second-order valence-corrected chi connectivity index (χ2v) is 8.27. The number of carbonyl (C=O) groups excluding carboxylic acids is 2. The molecule has 3 aliphatic heterocycles. The number of ketones is 1. The number of nitrogens with one attached hydrogen (secondary N) is 1. The SMILES string of the molecule is O=C1CCN(C(=O)[C@@H]2C[C@H](N3CCN(c4ccnc5ccccc45)CC3)CN2)C1. The van der Waals surface area contributed by atoms with E-state index >= 15 is 0 Å². The number of hydrogen-bond acceptors (Lipinski definition) is 6. The monoisotopic (exact) mass is 393 g/mol. The van der Waals surface area contributed by atoms with E-state index in [-0.39, 0.29) is 17.7 Å². The average molecular weight is 393 g/mol. The molecule has 0 bridgehead atoms. The molecular formula is C22H27N5O2. The van der Waals surface area contributed by atoms with E-state index in [1.54, 1.807) is 4.90 Å². The average Bonchev–Trinajstić information content (AvgIpc) is 3.43. The van der Waals surface area contributed by atoms with Crippen LogP contribution in [0.15, 0.2) is 36.5 Å². The summed E-state index contributed by atoms with van der Waals surface area (Å²) in [6, 6.07) is 10.7. The first-order chi connectivity index (χ1) is 14.2. The van der Waals surface area contributed by atoms with Crippen LogP contribution in [0.25, 0.3) is 10.9 Å². The number of benzene rings is 1. The number of aromatic nitrogens is 1. The Hall–Kier alpha value is -2.51. The summed E-state index contributed by atoms with van der Waals surface area (Å²) in [7, 11) is 0. The van der Waals surface area contributed by atoms with Crippen LogP contribution in [0.1, 0.15) is 12.8 Å². The highest BCUT2D eigenvalue weighted by atomic mass is 16.2. The fraction of sp³-hybridized carbons (Fsp3) is 0.500. The molecular weight excluding hydrogens is 366 g/mol. The van der Waals surface area contributed by atoms with E-state index in [0.717, 1.165) is 44.7 Å². The third-order valence-corrected chi connectivity index (χ3v) is 6.54. The maximum Gasteiger partial charge on any atom is 0.240 e. The highest BCUT2D eigenvalue weighted by molar-refractivity contribution is 5.92. The van der Waals surface area contributed by atoms with Crippen molar-refractivity contribution in [3.63, 3.8) is 0 Å². The molecule has 4 heterocycles. The highest BCUT2D eigenvalue weighted by Crippen LogP contribution is 2.27. The van der Waals surface area contributed by atoms with Crippen molar-refractivity contribution < 1.29 is 9.59 Å². The number of piperazine rings is 1. The molecule has 2 aromatic rings. The number of pyridine rings is 1. The van der Waals surface area contributed by atoms with Crippen LogP contribution in [-0.4, -0.2) is 84.4 Å². The van der Waals surface area contributed by atoms with Gasteiger partial charge in [0.15, 0.2) is 5.78 Å². The Labute approximate surface area is 170 Å². The van der Waals surface area contributed by atoms with Crippen LogP contribution >= 0.6 is 0 Å². The van der Waals surface area contributed by atoms with Crippen LogP contribution in [0, 0.1) is 0 Å². The Morgan fingerprint density at radius 1 is 1.07 bits per heavy atom. The molecule has 3 saturated heterocycles. The summed E-state index contributed by atoms with van der Waals surface area (Å²) in [5, 5.41) is 4.60. The highest BCUT2D eigenvalue weighted by Gasteiger charge is 2.37. The third-order valence-electron chi connectivity index (χ3n) is 6.54.